The number of alkyl halides is 5. The Kier molecular flexibility index (Phi) is 21.9. The topological polar surface area (TPSA) is 143 Å². The molecule has 2 fully saturated rings. The highest BCUT2D eigenvalue weighted by Gasteiger charge is 2.32. The van der Waals surface area contributed by atoms with Crippen LogP contribution in [0.5, 0.6) is 0 Å². The summed E-state index contributed by atoms with van der Waals surface area (Å²) < 4.78 is 36.7. The molecule has 2 aliphatic heterocycles. The molecular weight excluding hydrogens is 891 g/mol. The number of halogens is 7. The third-order valence-electron chi connectivity index (χ3n) is 9.31. The number of aldehydes is 1. The Morgan fingerprint density at radius 2 is 1.13 bits per heavy atom. The molecule has 11 nitrogen and oxygen atoms in total. The number of carbonyl (C=O) groups is 4. The zero-order chi connectivity index (χ0) is 45.7. The quantitative estimate of drug-likeness (QED) is 0.117. The molecule has 0 spiro atoms. The molecule has 2 unspecified atom stereocenters. The van der Waals surface area contributed by atoms with Gasteiger partial charge in [-0.1, -0.05) is 59.6 Å². The molecule has 0 radical (unpaired) electrons. The van der Waals surface area contributed by atoms with E-state index in [0.717, 1.165) is 48.4 Å². The van der Waals surface area contributed by atoms with Crippen LogP contribution in [-0.4, -0.2) is 82.4 Å². The number of rotatable bonds is 8. The van der Waals surface area contributed by atoms with E-state index in [1.807, 2.05) is 93.6 Å². The van der Waals surface area contributed by atoms with E-state index in [1.165, 1.54) is 0 Å². The second-order valence-corrected chi connectivity index (χ2v) is 16.7. The molecule has 2 atom stereocenters. The molecule has 4 aromatic rings. The number of likely N-dealkylation sites (tertiary alicyclic amines) is 1. The molecule has 6 rings (SSSR count). The fourth-order valence-electron chi connectivity index (χ4n) is 6.32. The van der Waals surface area contributed by atoms with Crippen LogP contribution in [0, 0.1) is 11.8 Å². The molecule has 336 valence electrons. The largest absolute Gasteiger partial charge is 0.446 e. The Bertz CT molecular complexity index is 1950. The Labute approximate surface area is 380 Å². The molecule has 2 saturated heterocycles. The number of ether oxygens (including phenoxy) is 1. The molecule has 2 aliphatic rings. The molecule has 4 heterocycles. The summed E-state index contributed by atoms with van der Waals surface area (Å²) in [6.07, 6.45) is 0.379. The average molecular weight is 943 g/mol. The van der Waals surface area contributed by atoms with Gasteiger partial charge in [0.15, 0.2) is 0 Å². The van der Waals surface area contributed by atoms with Gasteiger partial charge in [0, 0.05) is 47.4 Å². The smallest absolute Gasteiger partial charge is 0.444 e. The number of benzene rings is 2. The first-order chi connectivity index (χ1) is 29.4. The predicted octanol–water partition coefficient (Wildman–Crippen LogP) is 9.70. The van der Waals surface area contributed by atoms with Crippen LogP contribution >= 0.6 is 46.4 Å². The monoisotopic (exact) mass is 940 g/mol. The SMILES string of the molecule is CC(C)(C)OC(=O)N1CCC(C(=O)NC(c2ccc(Cl)cc2)c2ccccn2)CC1.ClCCl.O=C(NC(c1ccc(Cl)cc1)c1ccccn1)C1CCNCC1.O=CC(F)(F)F. The average Bonchev–Trinajstić information content (AvgIpc) is 3.26. The van der Waals surface area contributed by atoms with Gasteiger partial charge in [0.05, 0.1) is 28.8 Å². The Morgan fingerprint density at radius 3 is 1.47 bits per heavy atom. The first kappa shape index (κ1) is 51.9. The summed E-state index contributed by atoms with van der Waals surface area (Å²) >= 11 is 21.5. The van der Waals surface area contributed by atoms with E-state index in [-0.39, 0.29) is 47.2 Å². The van der Waals surface area contributed by atoms with Gasteiger partial charge in [0.25, 0.3) is 0 Å². The molecule has 3 amide bonds. The van der Waals surface area contributed by atoms with Crippen molar-refractivity contribution in [2.24, 2.45) is 11.8 Å². The first-order valence-electron chi connectivity index (χ1n) is 19.7. The lowest BCUT2D eigenvalue weighted by Crippen LogP contribution is -2.45. The van der Waals surface area contributed by atoms with Crippen molar-refractivity contribution in [2.45, 2.75) is 70.3 Å². The van der Waals surface area contributed by atoms with Crippen LogP contribution in [-0.2, 0) is 19.1 Å². The van der Waals surface area contributed by atoms with Crippen LogP contribution < -0.4 is 16.0 Å². The number of aromatic nitrogens is 2. The van der Waals surface area contributed by atoms with Crippen molar-refractivity contribution in [1.82, 2.24) is 30.8 Å². The molecule has 18 heteroatoms. The van der Waals surface area contributed by atoms with E-state index in [1.54, 1.807) is 29.4 Å². The van der Waals surface area contributed by atoms with Gasteiger partial charge in [-0.25, -0.2) is 4.79 Å². The highest BCUT2D eigenvalue weighted by atomic mass is 35.5. The minimum Gasteiger partial charge on any atom is -0.444 e. The Balaban J connectivity index is 0.000000282. The molecule has 3 N–H and O–H groups in total. The minimum atomic E-state index is -4.64. The van der Waals surface area contributed by atoms with Gasteiger partial charge in [0.2, 0.25) is 18.1 Å². The molecule has 0 saturated carbocycles. The van der Waals surface area contributed by atoms with Crippen molar-refractivity contribution in [3.05, 3.63) is 130 Å². The molecule has 2 aromatic heterocycles. The number of amides is 3. The molecule has 62 heavy (non-hydrogen) atoms. The zero-order valence-electron chi connectivity index (χ0n) is 34.5. The summed E-state index contributed by atoms with van der Waals surface area (Å²) in [5.74, 6) is -0.0430. The lowest BCUT2D eigenvalue weighted by atomic mass is 9.94. The van der Waals surface area contributed by atoms with Crippen molar-refractivity contribution >= 4 is 70.6 Å². The van der Waals surface area contributed by atoms with Gasteiger partial charge in [0.1, 0.15) is 5.60 Å². The maximum Gasteiger partial charge on any atom is 0.446 e. The van der Waals surface area contributed by atoms with Crippen LogP contribution in [0.3, 0.4) is 0 Å². The maximum absolute atomic E-state index is 13.0. The van der Waals surface area contributed by atoms with E-state index in [0.29, 0.717) is 36.0 Å². The lowest BCUT2D eigenvalue weighted by molar-refractivity contribution is -0.156. The van der Waals surface area contributed by atoms with Gasteiger partial charge >= 0.3 is 12.3 Å². The van der Waals surface area contributed by atoms with Crippen molar-refractivity contribution in [1.29, 1.82) is 0 Å². The van der Waals surface area contributed by atoms with Crippen molar-refractivity contribution < 1.29 is 37.1 Å². The Morgan fingerprint density at radius 1 is 0.742 bits per heavy atom. The molecular formula is C44H51Cl4F3N6O5. The summed E-state index contributed by atoms with van der Waals surface area (Å²) in [6, 6.07) is 25.7. The van der Waals surface area contributed by atoms with E-state index in [9.17, 15) is 27.6 Å². The number of nitrogens with zero attached hydrogens (tertiary/aromatic N) is 3. The maximum atomic E-state index is 13.0. The highest BCUT2D eigenvalue weighted by molar-refractivity contribution is 6.40. The Hall–Kier alpha value is -4.47. The van der Waals surface area contributed by atoms with Crippen molar-refractivity contribution in [3.8, 4) is 0 Å². The van der Waals surface area contributed by atoms with Gasteiger partial charge < -0.3 is 25.6 Å². The standard InChI is InChI=1S/C23H28ClN3O3.C18H20ClN3O.C2HF3O.CH2Cl2/c1-23(2,3)30-22(29)27-14-11-17(12-15-27)21(28)26-20(19-6-4-5-13-25-19)16-7-9-18(24)10-8-16;19-15-6-4-13(5-7-15)17(16-3-1-2-10-21-16)22-18(23)14-8-11-20-12-9-14;3-2(4,5)1-6;2-1-3/h4-10,13,17,20H,11-12,14-15H2,1-3H3,(H,26,28);1-7,10,14,17,20H,8-9,11-12H2,(H,22,23);1H;1H2. The zero-order valence-corrected chi connectivity index (χ0v) is 37.5. The van der Waals surface area contributed by atoms with Crippen molar-refractivity contribution in [3.63, 3.8) is 0 Å². The van der Waals surface area contributed by atoms with E-state index >= 15 is 0 Å². The highest BCUT2D eigenvalue weighted by Crippen LogP contribution is 2.27. The van der Waals surface area contributed by atoms with Crippen LogP contribution in [0.4, 0.5) is 18.0 Å². The van der Waals surface area contributed by atoms with Crippen LogP contribution in [0.25, 0.3) is 0 Å². The fourth-order valence-corrected chi connectivity index (χ4v) is 6.57. The second kappa shape index (κ2) is 26.2. The van der Waals surface area contributed by atoms with E-state index in [2.05, 4.69) is 25.9 Å². The van der Waals surface area contributed by atoms with Gasteiger partial charge in [-0.15, -0.1) is 23.2 Å². The molecule has 2 aromatic carbocycles. The number of hydrogen-bond acceptors (Lipinski definition) is 8. The lowest BCUT2D eigenvalue weighted by Gasteiger charge is -2.33. The number of carbonyl (C=O) groups excluding carboxylic acids is 4. The van der Waals surface area contributed by atoms with E-state index < -0.39 is 18.1 Å². The van der Waals surface area contributed by atoms with Gasteiger partial charge in [-0.2, -0.15) is 13.2 Å². The third-order valence-corrected chi connectivity index (χ3v) is 9.81. The molecule has 0 bridgehead atoms. The normalized spacial score (nSPS) is 15.4. The van der Waals surface area contributed by atoms with Gasteiger partial charge in [-0.3, -0.25) is 24.4 Å². The minimum absolute atomic E-state index is 0.0376. The summed E-state index contributed by atoms with van der Waals surface area (Å²) in [6.45, 7) is 8.34. The van der Waals surface area contributed by atoms with Crippen LogP contribution in [0.15, 0.2) is 97.3 Å². The predicted molar refractivity (Wildman–Crippen MR) is 236 cm³/mol. The van der Waals surface area contributed by atoms with Crippen LogP contribution in [0.2, 0.25) is 10.0 Å². The van der Waals surface area contributed by atoms with Gasteiger partial charge in [-0.05, 0) is 119 Å². The number of nitrogens with one attached hydrogen (secondary N) is 3. The fraction of sp³-hybridized carbons (Fsp3) is 0.409. The summed E-state index contributed by atoms with van der Waals surface area (Å²) in [5.41, 5.74) is 2.96. The number of hydrogen-bond donors (Lipinski definition) is 3. The third kappa shape index (κ3) is 18.9. The first-order valence-corrected chi connectivity index (χ1v) is 21.5. The summed E-state index contributed by atoms with van der Waals surface area (Å²) in [5, 5.41) is 11.1. The van der Waals surface area contributed by atoms with Crippen LogP contribution in [0.1, 0.15) is 81.1 Å². The summed E-state index contributed by atoms with van der Waals surface area (Å²) in [4.78, 5) is 57.1. The molecule has 0 aliphatic carbocycles. The second-order valence-electron chi connectivity index (χ2n) is 15.0. The summed E-state index contributed by atoms with van der Waals surface area (Å²) in [7, 11) is 0. The van der Waals surface area contributed by atoms with E-state index in [4.69, 9.17) is 55.9 Å². The van der Waals surface area contributed by atoms with Crippen molar-refractivity contribution in [2.75, 3.05) is 31.5 Å². The number of pyridine rings is 2. The number of piperidine rings is 2.